The minimum Gasteiger partial charge on any atom is -0.488 e. The second-order valence-electron chi connectivity index (χ2n) is 8.23. The Morgan fingerprint density at radius 3 is 2.40 bits per heavy atom. The maximum atomic E-state index is 11.6. The van der Waals surface area contributed by atoms with Crippen molar-refractivity contribution in [3.63, 3.8) is 0 Å². The minimum atomic E-state index is -0.499. The predicted octanol–water partition coefficient (Wildman–Crippen LogP) is 3.00. The van der Waals surface area contributed by atoms with E-state index in [1.165, 1.54) is 12.7 Å². The highest BCUT2D eigenvalue weighted by atomic mass is 16.5. The average Bonchev–Trinajstić information content (AvgIpc) is 3.15. The van der Waals surface area contributed by atoms with Gasteiger partial charge in [-0.05, 0) is 66.6 Å². The van der Waals surface area contributed by atoms with E-state index in [4.69, 9.17) is 14.7 Å². The third-order valence-electron chi connectivity index (χ3n) is 6.21. The van der Waals surface area contributed by atoms with Crippen molar-refractivity contribution in [1.29, 1.82) is 5.26 Å². The number of ether oxygens (including phenoxy) is 2. The van der Waals surface area contributed by atoms with E-state index in [1.807, 2.05) is 24.3 Å². The molecule has 0 radical (unpaired) electrons. The molecule has 4 rings (SSSR count). The molecule has 4 atom stereocenters. The molecular weight excluding hydrogens is 380 g/mol. The van der Waals surface area contributed by atoms with Crippen molar-refractivity contribution in [1.82, 2.24) is 4.90 Å². The number of nitriles is 1. The molecule has 0 bridgehead atoms. The number of nitrogens with zero attached hydrogens (tertiary/aromatic N) is 2. The summed E-state index contributed by atoms with van der Waals surface area (Å²) in [6, 6.07) is 16.7. The van der Waals surface area contributed by atoms with Crippen LogP contribution in [0, 0.1) is 23.2 Å². The van der Waals surface area contributed by atoms with Gasteiger partial charge in [0, 0.05) is 19.6 Å². The number of fused-ring (bicyclic) bond motifs is 1. The van der Waals surface area contributed by atoms with Gasteiger partial charge in [0.15, 0.2) is 0 Å². The van der Waals surface area contributed by atoms with Gasteiger partial charge in [0.25, 0.3) is 0 Å². The number of benzene rings is 2. The number of methoxy groups -OCH3 is 1. The number of carbonyl (C=O) groups excluding carboxylic acids is 1. The maximum Gasteiger partial charge on any atom is 0.337 e. The summed E-state index contributed by atoms with van der Waals surface area (Å²) >= 11 is 0. The van der Waals surface area contributed by atoms with Crippen molar-refractivity contribution in [3.8, 4) is 11.8 Å². The van der Waals surface area contributed by atoms with Crippen molar-refractivity contribution in [2.75, 3.05) is 20.2 Å². The van der Waals surface area contributed by atoms with Crippen molar-refractivity contribution >= 4 is 5.97 Å². The second-order valence-corrected chi connectivity index (χ2v) is 8.23. The minimum absolute atomic E-state index is 0.245. The Morgan fingerprint density at radius 1 is 1.10 bits per heavy atom. The lowest BCUT2D eigenvalue weighted by Crippen LogP contribution is -2.42. The molecular formula is C24H26N2O4. The van der Waals surface area contributed by atoms with Gasteiger partial charge in [-0.15, -0.1) is 0 Å². The van der Waals surface area contributed by atoms with Crippen LogP contribution in [0.3, 0.4) is 0 Å². The molecule has 6 heteroatoms. The van der Waals surface area contributed by atoms with Crippen LogP contribution in [0.5, 0.6) is 5.75 Å². The topological polar surface area (TPSA) is 82.8 Å². The first kappa shape index (κ1) is 20.4. The fourth-order valence-corrected chi connectivity index (χ4v) is 4.65. The van der Waals surface area contributed by atoms with Gasteiger partial charge in [-0.25, -0.2) is 4.79 Å². The van der Waals surface area contributed by atoms with Crippen LogP contribution in [-0.4, -0.2) is 48.4 Å². The average molecular weight is 406 g/mol. The van der Waals surface area contributed by atoms with Gasteiger partial charge in [0.1, 0.15) is 11.9 Å². The van der Waals surface area contributed by atoms with Gasteiger partial charge in [0.05, 0.1) is 30.4 Å². The van der Waals surface area contributed by atoms with Crippen LogP contribution in [0.25, 0.3) is 0 Å². The summed E-state index contributed by atoms with van der Waals surface area (Å²) in [4.78, 5) is 14.0. The smallest absolute Gasteiger partial charge is 0.337 e. The van der Waals surface area contributed by atoms with Crippen LogP contribution in [0.15, 0.2) is 48.5 Å². The van der Waals surface area contributed by atoms with Crippen LogP contribution in [-0.2, 0) is 11.3 Å². The molecule has 0 aromatic heterocycles. The molecule has 1 saturated heterocycles. The Labute approximate surface area is 176 Å². The lowest BCUT2D eigenvalue weighted by atomic mass is 9.78. The summed E-state index contributed by atoms with van der Waals surface area (Å²) in [6.45, 7) is 2.82. The molecule has 1 heterocycles. The van der Waals surface area contributed by atoms with Gasteiger partial charge >= 0.3 is 5.97 Å². The number of hydrogen-bond donors (Lipinski definition) is 1. The standard InChI is InChI=1S/C24H26N2O4/c1-29-24(28)18-6-8-21(9-7-18)30-23-11-20-15-26(14-19(20)10-22(23)27)13-17-4-2-16(12-25)3-5-17/h2-9,19-20,22-23,27H,10-11,13-15H2,1H3/t19-,20+,22-,23-/m0/s1. The third kappa shape index (κ3) is 4.48. The van der Waals surface area contributed by atoms with Crippen LogP contribution in [0.1, 0.15) is 34.3 Å². The monoisotopic (exact) mass is 406 g/mol. The van der Waals surface area contributed by atoms with E-state index < -0.39 is 6.10 Å². The fraction of sp³-hybridized carbons (Fsp3) is 0.417. The molecule has 1 saturated carbocycles. The van der Waals surface area contributed by atoms with E-state index in [9.17, 15) is 9.90 Å². The molecule has 0 spiro atoms. The Morgan fingerprint density at radius 2 is 1.77 bits per heavy atom. The maximum absolute atomic E-state index is 11.6. The third-order valence-corrected chi connectivity index (χ3v) is 6.21. The second kappa shape index (κ2) is 8.86. The van der Waals surface area contributed by atoms with Gasteiger partial charge in [0.2, 0.25) is 0 Å². The van der Waals surface area contributed by atoms with Crippen molar-refractivity contribution in [2.24, 2.45) is 11.8 Å². The summed E-state index contributed by atoms with van der Waals surface area (Å²) in [5.74, 6) is 1.24. The van der Waals surface area contributed by atoms with Gasteiger partial charge in [-0.3, -0.25) is 4.90 Å². The molecule has 2 fully saturated rings. The van der Waals surface area contributed by atoms with Gasteiger partial charge < -0.3 is 14.6 Å². The number of esters is 1. The number of likely N-dealkylation sites (tertiary alicyclic amines) is 1. The van der Waals surface area contributed by atoms with Crippen LogP contribution < -0.4 is 4.74 Å². The summed E-state index contributed by atoms with van der Waals surface area (Å²) in [6.07, 6.45) is 0.806. The van der Waals surface area contributed by atoms with Crippen molar-refractivity contribution in [3.05, 3.63) is 65.2 Å². The lowest BCUT2D eigenvalue weighted by Gasteiger charge is -2.35. The summed E-state index contributed by atoms with van der Waals surface area (Å²) in [5.41, 5.74) is 2.35. The van der Waals surface area contributed by atoms with E-state index in [1.54, 1.807) is 24.3 Å². The molecule has 1 aliphatic heterocycles. The Kier molecular flexibility index (Phi) is 6.03. The highest BCUT2D eigenvalue weighted by molar-refractivity contribution is 5.89. The van der Waals surface area contributed by atoms with Crippen LogP contribution in [0.2, 0.25) is 0 Å². The number of aliphatic hydroxyl groups excluding tert-OH is 1. The van der Waals surface area contributed by atoms with E-state index in [0.717, 1.165) is 32.5 Å². The normalized spacial score (nSPS) is 25.9. The zero-order valence-corrected chi connectivity index (χ0v) is 17.0. The van der Waals surface area contributed by atoms with E-state index in [0.29, 0.717) is 28.7 Å². The molecule has 2 aromatic rings. The van der Waals surface area contributed by atoms with Crippen LogP contribution >= 0.6 is 0 Å². The zero-order chi connectivity index (χ0) is 21.1. The first-order valence-corrected chi connectivity index (χ1v) is 10.3. The van der Waals surface area contributed by atoms with E-state index >= 15 is 0 Å². The number of carbonyl (C=O) groups is 1. The molecule has 0 amide bonds. The number of hydrogen-bond acceptors (Lipinski definition) is 6. The van der Waals surface area contributed by atoms with Crippen molar-refractivity contribution < 1.29 is 19.4 Å². The molecule has 2 aliphatic rings. The SMILES string of the molecule is COC(=O)c1ccc(O[C@H]2C[C@@H]3CN(Cc4ccc(C#N)cc4)C[C@@H]3C[C@@H]2O)cc1. The van der Waals surface area contributed by atoms with Crippen molar-refractivity contribution in [2.45, 2.75) is 31.6 Å². The van der Waals surface area contributed by atoms with E-state index in [2.05, 4.69) is 11.0 Å². The summed E-state index contributed by atoms with van der Waals surface area (Å²) in [7, 11) is 1.35. The van der Waals surface area contributed by atoms with E-state index in [-0.39, 0.29) is 12.1 Å². The highest BCUT2D eigenvalue weighted by Gasteiger charge is 2.42. The first-order valence-electron chi connectivity index (χ1n) is 10.3. The molecule has 30 heavy (non-hydrogen) atoms. The quantitative estimate of drug-likeness (QED) is 0.769. The fourth-order valence-electron chi connectivity index (χ4n) is 4.65. The Bertz CT molecular complexity index is 920. The molecule has 1 N–H and O–H groups in total. The molecule has 6 nitrogen and oxygen atoms in total. The summed E-state index contributed by atoms with van der Waals surface area (Å²) < 4.78 is 10.8. The number of aliphatic hydroxyl groups is 1. The van der Waals surface area contributed by atoms with Gasteiger partial charge in [-0.1, -0.05) is 12.1 Å². The highest BCUT2D eigenvalue weighted by Crippen LogP contribution is 2.38. The Hall–Kier alpha value is -2.88. The van der Waals surface area contributed by atoms with Gasteiger partial charge in [-0.2, -0.15) is 5.26 Å². The summed E-state index contributed by atoms with van der Waals surface area (Å²) in [5, 5.41) is 19.6. The Balaban J connectivity index is 1.35. The predicted molar refractivity (Wildman–Crippen MR) is 111 cm³/mol. The molecule has 156 valence electrons. The first-order chi connectivity index (χ1) is 14.6. The largest absolute Gasteiger partial charge is 0.488 e. The molecule has 1 aliphatic carbocycles. The van der Waals surface area contributed by atoms with Crippen LogP contribution in [0.4, 0.5) is 0 Å². The molecule has 2 aromatic carbocycles. The molecule has 0 unspecified atom stereocenters. The number of rotatable bonds is 5. The lowest BCUT2D eigenvalue weighted by molar-refractivity contribution is -0.0231. The zero-order valence-electron chi connectivity index (χ0n) is 17.0.